The number of hydrogen-bond donors (Lipinski definition) is 1. The Labute approximate surface area is 112 Å². The molecule has 1 aliphatic carbocycles. The number of Topliss-reactive ketones (excluding diaryl/α,β-unsaturated/α-hetero) is 1. The minimum Gasteiger partial charge on any atom is -0.388 e. The monoisotopic (exact) mass is 267 g/mol. The summed E-state index contributed by atoms with van der Waals surface area (Å²) in [6.45, 7) is 0.931. The van der Waals surface area contributed by atoms with Crippen LogP contribution in [0.2, 0.25) is 0 Å². The van der Waals surface area contributed by atoms with E-state index in [2.05, 4.69) is 5.32 Å². The summed E-state index contributed by atoms with van der Waals surface area (Å²) in [6.07, 6.45) is 2.36. The number of benzene rings is 1. The summed E-state index contributed by atoms with van der Waals surface area (Å²) in [5, 5.41) is 2.84. The van der Waals surface area contributed by atoms with E-state index in [1.165, 1.54) is 0 Å². The van der Waals surface area contributed by atoms with Gasteiger partial charge in [0.15, 0.2) is 0 Å². The second-order valence-electron chi connectivity index (χ2n) is 5.22. The van der Waals surface area contributed by atoms with Crippen LogP contribution in [0.25, 0.3) is 0 Å². The van der Waals surface area contributed by atoms with Gasteiger partial charge < -0.3 is 5.32 Å². The molecule has 1 aromatic carbocycles. The molecule has 0 radical (unpaired) electrons. The normalized spacial score (nSPS) is 17.6. The number of rotatable bonds is 3. The molecule has 0 heterocycles. The van der Waals surface area contributed by atoms with Crippen LogP contribution in [-0.4, -0.2) is 12.8 Å². The smallest absolute Gasteiger partial charge is 0.272 e. The van der Waals surface area contributed by atoms with Crippen LogP contribution in [0, 0.1) is 0 Å². The van der Waals surface area contributed by atoms with Gasteiger partial charge in [0.25, 0.3) is 5.92 Å². The number of hydrogen-bond acceptors (Lipinski definition) is 2. The van der Waals surface area contributed by atoms with E-state index < -0.39 is 5.92 Å². The first-order chi connectivity index (χ1) is 8.93. The molecule has 0 aromatic heterocycles. The quantitative estimate of drug-likeness (QED) is 0.894. The molecule has 0 amide bonds. The second-order valence-corrected chi connectivity index (χ2v) is 5.22. The van der Waals surface area contributed by atoms with Crippen molar-refractivity contribution < 1.29 is 13.6 Å². The minimum absolute atomic E-state index is 0.0619. The first-order valence-electron chi connectivity index (χ1n) is 6.64. The maximum atomic E-state index is 13.9. The average Bonchev–Trinajstić information content (AvgIpc) is 2.37. The molecule has 1 N–H and O–H groups in total. The fourth-order valence-corrected chi connectivity index (χ4v) is 2.86. The standard InChI is InChI=1S/C15H19F2NO/c1-15(16,17)14-12(4-3-5-13(14)18-2)10-6-8-11(19)9-7-10/h3-5,10,18H,6-9H2,1-2H3. The molecule has 0 bridgehead atoms. The van der Waals surface area contributed by atoms with Crippen LogP contribution in [0.5, 0.6) is 0 Å². The van der Waals surface area contributed by atoms with Gasteiger partial charge in [-0.3, -0.25) is 4.79 Å². The molecule has 2 nitrogen and oxygen atoms in total. The largest absolute Gasteiger partial charge is 0.388 e. The lowest BCUT2D eigenvalue weighted by Gasteiger charge is -2.27. The molecule has 2 rings (SSSR count). The molecule has 0 spiro atoms. The summed E-state index contributed by atoms with van der Waals surface area (Å²) in [7, 11) is 1.65. The zero-order valence-corrected chi connectivity index (χ0v) is 11.3. The molecular formula is C15H19F2NO. The van der Waals surface area contributed by atoms with Crippen molar-refractivity contribution in [2.24, 2.45) is 0 Å². The molecule has 1 saturated carbocycles. The van der Waals surface area contributed by atoms with Gasteiger partial charge in [0.05, 0.1) is 0 Å². The summed E-state index contributed by atoms with van der Waals surface area (Å²) in [5.41, 5.74) is 1.24. The number of carbonyl (C=O) groups is 1. The van der Waals surface area contributed by atoms with Crippen LogP contribution in [0.1, 0.15) is 49.7 Å². The minimum atomic E-state index is -2.88. The van der Waals surface area contributed by atoms with Crippen molar-refractivity contribution >= 4 is 11.5 Å². The summed E-state index contributed by atoms with van der Waals surface area (Å²) in [4.78, 5) is 11.3. The van der Waals surface area contributed by atoms with Gasteiger partial charge in [0.1, 0.15) is 5.78 Å². The summed E-state index contributed by atoms with van der Waals surface area (Å²) in [5.74, 6) is -2.58. The van der Waals surface area contributed by atoms with Crippen molar-refractivity contribution in [1.82, 2.24) is 0 Å². The van der Waals surface area contributed by atoms with Crippen LogP contribution < -0.4 is 5.32 Å². The predicted molar refractivity (Wildman–Crippen MR) is 71.8 cm³/mol. The Bertz CT molecular complexity index is 470. The molecule has 1 fully saturated rings. The number of carbonyl (C=O) groups excluding carboxylic acids is 1. The summed E-state index contributed by atoms with van der Waals surface area (Å²) >= 11 is 0. The Hall–Kier alpha value is -1.45. The van der Waals surface area contributed by atoms with Gasteiger partial charge in [-0.2, -0.15) is 0 Å². The predicted octanol–water partition coefficient (Wildman–Crippen LogP) is 4.07. The van der Waals surface area contributed by atoms with E-state index in [-0.39, 0.29) is 17.3 Å². The SMILES string of the molecule is CNc1cccc(C2CCC(=O)CC2)c1C(C)(F)F. The van der Waals surface area contributed by atoms with Gasteiger partial charge in [-0.25, -0.2) is 8.78 Å². The molecule has 0 atom stereocenters. The third-order valence-electron chi connectivity index (χ3n) is 3.79. The average molecular weight is 267 g/mol. The number of ketones is 1. The maximum Gasteiger partial charge on any atom is 0.272 e. The van der Waals surface area contributed by atoms with Crippen molar-refractivity contribution in [2.45, 2.75) is 44.4 Å². The molecule has 1 aromatic rings. The molecule has 1 aliphatic rings. The highest BCUT2D eigenvalue weighted by molar-refractivity contribution is 5.79. The van der Waals surface area contributed by atoms with E-state index in [4.69, 9.17) is 0 Å². The van der Waals surface area contributed by atoms with Gasteiger partial charge in [-0.15, -0.1) is 0 Å². The van der Waals surface area contributed by atoms with Crippen molar-refractivity contribution in [2.75, 3.05) is 12.4 Å². The highest BCUT2D eigenvalue weighted by Crippen LogP contribution is 2.42. The zero-order valence-electron chi connectivity index (χ0n) is 11.3. The Kier molecular flexibility index (Phi) is 3.88. The Morgan fingerprint density at radius 3 is 2.42 bits per heavy atom. The Morgan fingerprint density at radius 1 is 1.26 bits per heavy atom. The van der Waals surface area contributed by atoms with Crippen LogP contribution in [-0.2, 0) is 10.7 Å². The molecule has 0 aliphatic heterocycles. The van der Waals surface area contributed by atoms with Crippen molar-refractivity contribution in [1.29, 1.82) is 0 Å². The molecule has 0 saturated heterocycles. The summed E-state index contributed by atoms with van der Waals surface area (Å²) in [6, 6.07) is 5.24. The van der Waals surface area contributed by atoms with Crippen LogP contribution in [0.15, 0.2) is 18.2 Å². The maximum absolute atomic E-state index is 13.9. The Balaban J connectivity index is 2.42. The van der Waals surface area contributed by atoms with Gasteiger partial charge in [0.2, 0.25) is 0 Å². The zero-order chi connectivity index (χ0) is 14.0. The fraction of sp³-hybridized carbons (Fsp3) is 0.533. The van der Waals surface area contributed by atoms with Gasteiger partial charge in [-0.05, 0) is 30.4 Å². The van der Waals surface area contributed by atoms with Crippen LogP contribution in [0.4, 0.5) is 14.5 Å². The van der Waals surface area contributed by atoms with Crippen molar-refractivity contribution in [3.05, 3.63) is 29.3 Å². The lowest BCUT2D eigenvalue weighted by atomic mass is 9.80. The van der Waals surface area contributed by atoms with E-state index in [9.17, 15) is 13.6 Å². The third-order valence-corrected chi connectivity index (χ3v) is 3.79. The lowest BCUT2D eigenvalue weighted by molar-refractivity contribution is -0.120. The van der Waals surface area contributed by atoms with Crippen molar-refractivity contribution in [3.63, 3.8) is 0 Å². The number of anilines is 1. The van der Waals surface area contributed by atoms with Gasteiger partial charge in [-0.1, -0.05) is 12.1 Å². The van der Waals surface area contributed by atoms with E-state index in [1.807, 2.05) is 0 Å². The first kappa shape index (κ1) is 14.0. The van der Waals surface area contributed by atoms with E-state index >= 15 is 0 Å². The first-order valence-corrected chi connectivity index (χ1v) is 6.64. The topological polar surface area (TPSA) is 29.1 Å². The molecular weight excluding hydrogens is 248 g/mol. The Morgan fingerprint density at radius 2 is 1.89 bits per heavy atom. The highest BCUT2D eigenvalue weighted by atomic mass is 19.3. The lowest BCUT2D eigenvalue weighted by Crippen LogP contribution is -2.19. The molecule has 104 valence electrons. The van der Waals surface area contributed by atoms with Gasteiger partial charge >= 0.3 is 0 Å². The fourth-order valence-electron chi connectivity index (χ4n) is 2.86. The number of halogens is 2. The third kappa shape index (κ3) is 2.94. The van der Waals surface area contributed by atoms with E-state index in [1.54, 1.807) is 25.2 Å². The molecule has 19 heavy (non-hydrogen) atoms. The summed E-state index contributed by atoms with van der Waals surface area (Å²) < 4.78 is 27.8. The molecule has 4 heteroatoms. The van der Waals surface area contributed by atoms with Gasteiger partial charge in [0, 0.05) is 38.1 Å². The van der Waals surface area contributed by atoms with Crippen molar-refractivity contribution in [3.8, 4) is 0 Å². The molecule has 0 unspecified atom stereocenters. The van der Waals surface area contributed by atoms with Crippen LogP contribution in [0.3, 0.4) is 0 Å². The number of nitrogens with one attached hydrogen (secondary N) is 1. The van der Waals surface area contributed by atoms with E-state index in [0.717, 1.165) is 6.92 Å². The number of alkyl halides is 2. The van der Waals surface area contributed by atoms with E-state index in [0.29, 0.717) is 36.9 Å². The van der Waals surface area contributed by atoms with Crippen LogP contribution >= 0.6 is 0 Å². The highest BCUT2D eigenvalue weighted by Gasteiger charge is 2.33. The second kappa shape index (κ2) is 5.27.